The smallest absolute Gasteiger partial charge is 0.228 e. The van der Waals surface area contributed by atoms with Crippen LogP contribution in [0, 0.1) is 0 Å². The standard InChI is InChI=1S/C28H28ClN3O/c1-3-32(4-2)19-26-14-11-23-18-25(15-16-27(23)30-26)31-28(33)17-20-5-7-21(8-6-20)22-9-12-24(29)13-10-22/h5-16,18H,3-4,17,19H2,1-2H3,(H,31,33). The Morgan fingerprint density at radius 3 is 2.21 bits per heavy atom. The second kappa shape index (κ2) is 10.6. The van der Waals surface area contributed by atoms with Crippen LogP contribution in [0.4, 0.5) is 5.69 Å². The first-order valence-electron chi connectivity index (χ1n) is 11.3. The van der Waals surface area contributed by atoms with Crippen molar-refractivity contribution in [2.24, 2.45) is 0 Å². The molecular weight excluding hydrogens is 430 g/mol. The Balaban J connectivity index is 1.39. The van der Waals surface area contributed by atoms with Gasteiger partial charge in [0.25, 0.3) is 0 Å². The summed E-state index contributed by atoms with van der Waals surface area (Å²) in [5.41, 5.74) is 5.94. The predicted octanol–water partition coefficient (Wildman–Crippen LogP) is 6.58. The van der Waals surface area contributed by atoms with Crippen LogP contribution in [0.2, 0.25) is 5.02 Å². The van der Waals surface area contributed by atoms with Gasteiger partial charge in [0.1, 0.15) is 0 Å². The Labute approximate surface area is 200 Å². The summed E-state index contributed by atoms with van der Waals surface area (Å²) in [4.78, 5) is 19.7. The van der Waals surface area contributed by atoms with Crippen molar-refractivity contribution in [3.8, 4) is 11.1 Å². The van der Waals surface area contributed by atoms with Gasteiger partial charge in [-0.05, 0) is 66.2 Å². The fourth-order valence-corrected chi connectivity index (χ4v) is 3.98. The molecule has 4 rings (SSSR count). The van der Waals surface area contributed by atoms with Crippen LogP contribution in [0.15, 0.2) is 78.9 Å². The van der Waals surface area contributed by atoms with Crippen molar-refractivity contribution in [1.82, 2.24) is 9.88 Å². The average Bonchev–Trinajstić information content (AvgIpc) is 2.83. The summed E-state index contributed by atoms with van der Waals surface area (Å²) in [6, 6.07) is 25.8. The molecule has 0 aliphatic rings. The topological polar surface area (TPSA) is 45.2 Å². The van der Waals surface area contributed by atoms with E-state index in [9.17, 15) is 4.79 Å². The van der Waals surface area contributed by atoms with Gasteiger partial charge < -0.3 is 5.32 Å². The highest BCUT2D eigenvalue weighted by Gasteiger charge is 2.08. The molecule has 0 atom stereocenters. The molecule has 0 saturated carbocycles. The number of nitrogens with one attached hydrogen (secondary N) is 1. The predicted molar refractivity (Wildman–Crippen MR) is 138 cm³/mol. The van der Waals surface area contributed by atoms with Crippen LogP contribution in [0.25, 0.3) is 22.0 Å². The van der Waals surface area contributed by atoms with Gasteiger partial charge in [0.2, 0.25) is 5.91 Å². The number of benzene rings is 3. The molecule has 0 spiro atoms. The molecule has 1 aromatic heterocycles. The zero-order chi connectivity index (χ0) is 23.2. The first kappa shape index (κ1) is 23.0. The molecule has 0 unspecified atom stereocenters. The van der Waals surface area contributed by atoms with Gasteiger partial charge >= 0.3 is 0 Å². The SMILES string of the molecule is CCN(CC)Cc1ccc2cc(NC(=O)Cc3ccc(-c4ccc(Cl)cc4)cc3)ccc2n1. The summed E-state index contributed by atoms with van der Waals surface area (Å²) in [5.74, 6) is -0.0419. The number of halogens is 1. The maximum Gasteiger partial charge on any atom is 0.228 e. The second-order valence-electron chi connectivity index (χ2n) is 8.10. The monoisotopic (exact) mass is 457 g/mol. The molecule has 4 nitrogen and oxygen atoms in total. The number of nitrogens with zero attached hydrogens (tertiary/aromatic N) is 2. The number of carbonyl (C=O) groups is 1. The molecule has 1 N–H and O–H groups in total. The Bertz CT molecular complexity index is 1230. The number of hydrogen-bond acceptors (Lipinski definition) is 3. The molecule has 1 heterocycles. The Hall–Kier alpha value is -3.21. The molecule has 1 amide bonds. The lowest BCUT2D eigenvalue weighted by atomic mass is 10.0. The van der Waals surface area contributed by atoms with Gasteiger partial charge in [-0.25, -0.2) is 0 Å². The fraction of sp³-hybridized carbons (Fsp3) is 0.214. The van der Waals surface area contributed by atoms with Crippen LogP contribution in [0.3, 0.4) is 0 Å². The van der Waals surface area contributed by atoms with Crippen molar-refractivity contribution in [3.63, 3.8) is 0 Å². The zero-order valence-corrected chi connectivity index (χ0v) is 19.8. The Morgan fingerprint density at radius 1 is 0.879 bits per heavy atom. The second-order valence-corrected chi connectivity index (χ2v) is 8.54. The summed E-state index contributed by atoms with van der Waals surface area (Å²) in [5, 5.41) is 4.75. The van der Waals surface area contributed by atoms with Crippen molar-refractivity contribution >= 4 is 34.1 Å². The summed E-state index contributed by atoms with van der Waals surface area (Å²) in [6.07, 6.45) is 0.319. The summed E-state index contributed by atoms with van der Waals surface area (Å²) in [6.45, 7) is 7.18. The van der Waals surface area contributed by atoms with Crippen molar-refractivity contribution in [3.05, 3.63) is 95.1 Å². The van der Waals surface area contributed by atoms with Crippen molar-refractivity contribution < 1.29 is 4.79 Å². The minimum Gasteiger partial charge on any atom is -0.326 e. The van der Waals surface area contributed by atoms with Gasteiger partial charge in [0.05, 0.1) is 17.6 Å². The van der Waals surface area contributed by atoms with E-state index < -0.39 is 0 Å². The average molecular weight is 458 g/mol. The minimum absolute atomic E-state index is 0.0419. The lowest BCUT2D eigenvalue weighted by molar-refractivity contribution is -0.115. The number of aromatic nitrogens is 1. The quantitative estimate of drug-likeness (QED) is 0.325. The lowest BCUT2D eigenvalue weighted by Gasteiger charge is -2.17. The molecule has 3 aromatic carbocycles. The molecule has 0 radical (unpaired) electrons. The lowest BCUT2D eigenvalue weighted by Crippen LogP contribution is -2.22. The molecular formula is C28H28ClN3O. The third kappa shape index (κ3) is 5.98. The highest BCUT2D eigenvalue weighted by Crippen LogP contribution is 2.23. The minimum atomic E-state index is -0.0419. The van der Waals surface area contributed by atoms with E-state index >= 15 is 0 Å². The fourth-order valence-electron chi connectivity index (χ4n) is 3.86. The number of carbonyl (C=O) groups excluding carboxylic acids is 1. The van der Waals surface area contributed by atoms with E-state index in [1.807, 2.05) is 66.7 Å². The summed E-state index contributed by atoms with van der Waals surface area (Å²) >= 11 is 5.97. The van der Waals surface area contributed by atoms with Crippen LogP contribution in [-0.4, -0.2) is 28.9 Å². The number of anilines is 1. The van der Waals surface area contributed by atoms with E-state index in [1.54, 1.807) is 0 Å². The van der Waals surface area contributed by atoms with Crippen LogP contribution in [-0.2, 0) is 17.8 Å². The first-order chi connectivity index (χ1) is 16.0. The molecule has 0 bridgehead atoms. The van der Waals surface area contributed by atoms with Crippen molar-refractivity contribution in [2.75, 3.05) is 18.4 Å². The van der Waals surface area contributed by atoms with E-state index in [1.165, 1.54) is 0 Å². The zero-order valence-electron chi connectivity index (χ0n) is 19.0. The number of fused-ring (bicyclic) bond motifs is 1. The van der Waals surface area contributed by atoms with Gasteiger partial charge in [0, 0.05) is 22.6 Å². The molecule has 0 fully saturated rings. The molecule has 33 heavy (non-hydrogen) atoms. The Morgan fingerprint density at radius 2 is 1.55 bits per heavy atom. The summed E-state index contributed by atoms with van der Waals surface area (Å²) in [7, 11) is 0. The number of amides is 1. The molecule has 0 aliphatic carbocycles. The van der Waals surface area contributed by atoms with Crippen LogP contribution in [0.1, 0.15) is 25.1 Å². The highest BCUT2D eigenvalue weighted by atomic mass is 35.5. The number of pyridine rings is 1. The molecule has 168 valence electrons. The normalized spacial score (nSPS) is 11.2. The molecule has 5 heteroatoms. The van der Waals surface area contributed by atoms with Gasteiger partial charge in [0.15, 0.2) is 0 Å². The molecule has 0 saturated heterocycles. The molecule has 4 aromatic rings. The van der Waals surface area contributed by atoms with Gasteiger partial charge in [-0.15, -0.1) is 0 Å². The largest absolute Gasteiger partial charge is 0.326 e. The first-order valence-corrected chi connectivity index (χ1v) is 11.7. The van der Waals surface area contributed by atoms with Crippen LogP contribution in [0.5, 0.6) is 0 Å². The van der Waals surface area contributed by atoms with E-state index in [-0.39, 0.29) is 5.91 Å². The van der Waals surface area contributed by atoms with Crippen LogP contribution >= 0.6 is 11.6 Å². The van der Waals surface area contributed by atoms with Crippen molar-refractivity contribution in [1.29, 1.82) is 0 Å². The van der Waals surface area contributed by atoms with Crippen LogP contribution < -0.4 is 5.32 Å². The number of rotatable bonds is 8. The third-order valence-electron chi connectivity index (χ3n) is 5.81. The van der Waals surface area contributed by atoms with E-state index in [2.05, 4.69) is 36.2 Å². The van der Waals surface area contributed by atoms with Gasteiger partial charge in [-0.2, -0.15) is 0 Å². The summed E-state index contributed by atoms with van der Waals surface area (Å²) < 4.78 is 0. The van der Waals surface area contributed by atoms with Crippen molar-refractivity contribution in [2.45, 2.75) is 26.8 Å². The van der Waals surface area contributed by atoms with Gasteiger partial charge in [-0.1, -0.05) is 67.9 Å². The van der Waals surface area contributed by atoms with E-state index in [4.69, 9.17) is 16.6 Å². The Kier molecular flexibility index (Phi) is 7.38. The highest BCUT2D eigenvalue weighted by molar-refractivity contribution is 6.30. The maximum absolute atomic E-state index is 12.6. The van der Waals surface area contributed by atoms with E-state index in [0.717, 1.165) is 63.6 Å². The number of hydrogen-bond donors (Lipinski definition) is 1. The molecule has 0 aliphatic heterocycles. The third-order valence-corrected chi connectivity index (χ3v) is 6.06. The maximum atomic E-state index is 12.6. The van der Waals surface area contributed by atoms with Gasteiger partial charge in [-0.3, -0.25) is 14.7 Å². The van der Waals surface area contributed by atoms with E-state index in [0.29, 0.717) is 6.42 Å².